The molecule has 2 unspecified atom stereocenters. The zero-order chi connectivity index (χ0) is 15.3. The smallest absolute Gasteiger partial charge is 0.241 e. The van der Waals surface area contributed by atoms with Crippen LogP contribution in [0.2, 0.25) is 0 Å². The van der Waals surface area contributed by atoms with E-state index in [4.69, 9.17) is 0 Å². The Morgan fingerprint density at radius 1 is 1.10 bits per heavy atom. The minimum atomic E-state index is -3.46. The Morgan fingerprint density at radius 3 is 2.25 bits per heavy atom. The maximum Gasteiger partial charge on any atom is 0.241 e. The summed E-state index contributed by atoms with van der Waals surface area (Å²) in [7, 11) is -3.46. The summed E-state index contributed by atoms with van der Waals surface area (Å²) in [6.07, 6.45) is 0. The van der Waals surface area contributed by atoms with E-state index in [1.807, 2.05) is 32.9 Å². The zero-order valence-corrected chi connectivity index (χ0v) is 13.8. The van der Waals surface area contributed by atoms with Gasteiger partial charge in [-0.1, -0.05) is 32.0 Å². The van der Waals surface area contributed by atoms with E-state index in [0.29, 0.717) is 4.90 Å². The predicted molar refractivity (Wildman–Crippen MR) is 83.5 cm³/mol. The fourth-order valence-corrected chi connectivity index (χ4v) is 3.81. The molecule has 0 amide bonds. The van der Waals surface area contributed by atoms with Crippen molar-refractivity contribution in [3.63, 3.8) is 0 Å². The van der Waals surface area contributed by atoms with Crippen LogP contribution in [0.3, 0.4) is 0 Å². The maximum atomic E-state index is 12.4. The maximum absolute atomic E-state index is 12.4. The molecule has 2 N–H and O–H groups in total. The number of nitrogens with one attached hydrogen (secondary N) is 2. The lowest BCUT2D eigenvalue weighted by atomic mass is 9.94. The standard InChI is InChI=1S/C15H26N2O2S/c1-6-16-13(5)12(4)14-9-7-8-10-15(14)20(18,19)17-11(2)3/h7-13,16-17H,6H2,1-5H3. The van der Waals surface area contributed by atoms with Gasteiger partial charge in [0.05, 0.1) is 4.90 Å². The summed E-state index contributed by atoms with van der Waals surface area (Å²) in [4.78, 5) is 0.381. The van der Waals surface area contributed by atoms with Crippen LogP contribution in [-0.2, 0) is 10.0 Å². The molecule has 0 aliphatic rings. The molecule has 1 aromatic carbocycles. The largest absolute Gasteiger partial charge is 0.314 e. The second-order valence-corrected chi connectivity index (χ2v) is 7.13. The number of hydrogen-bond acceptors (Lipinski definition) is 3. The molecule has 0 spiro atoms. The molecule has 0 saturated carbocycles. The van der Waals surface area contributed by atoms with Gasteiger partial charge in [-0.15, -0.1) is 0 Å². The van der Waals surface area contributed by atoms with Gasteiger partial charge in [0.2, 0.25) is 10.0 Å². The molecule has 0 aromatic heterocycles. The lowest BCUT2D eigenvalue weighted by Gasteiger charge is -2.23. The van der Waals surface area contributed by atoms with Gasteiger partial charge in [0.1, 0.15) is 0 Å². The third-order valence-electron chi connectivity index (χ3n) is 3.37. The Morgan fingerprint density at radius 2 is 1.70 bits per heavy atom. The van der Waals surface area contributed by atoms with Gasteiger partial charge in [0, 0.05) is 12.1 Å². The summed E-state index contributed by atoms with van der Waals surface area (Å²) < 4.78 is 27.5. The van der Waals surface area contributed by atoms with Crippen molar-refractivity contribution in [1.29, 1.82) is 0 Å². The zero-order valence-electron chi connectivity index (χ0n) is 13.0. The lowest BCUT2D eigenvalue weighted by molar-refractivity contribution is 0.488. The third kappa shape index (κ3) is 4.30. The topological polar surface area (TPSA) is 58.2 Å². The molecule has 0 radical (unpaired) electrons. The molecule has 0 bridgehead atoms. The van der Waals surface area contributed by atoms with Gasteiger partial charge in [-0.05, 0) is 44.9 Å². The van der Waals surface area contributed by atoms with Gasteiger partial charge in [0.15, 0.2) is 0 Å². The van der Waals surface area contributed by atoms with Crippen LogP contribution < -0.4 is 10.0 Å². The minimum absolute atomic E-state index is 0.116. The Bertz CT molecular complexity index is 526. The average Bonchev–Trinajstić information content (AvgIpc) is 2.36. The van der Waals surface area contributed by atoms with E-state index in [1.54, 1.807) is 12.1 Å². The van der Waals surface area contributed by atoms with E-state index >= 15 is 0 Å². The summed E-state index contributed by atoms with van der Waals surface area (Å²) >= 11 is 0. The van der Waals surface area contributed by atoms with Gasteiger partial charge >= 0.3 is 0 Å². The first-order valence-electron chi connectivity index (χ1n) is 7.14. The summed E-state index contributed by atoms with van der Waals surface area (Å²) in [5.41, 5.74) is 0.856. The van der Waals surface area contributed by atoms with Crippen molar-refractivity contribution in [3.8, 4) is 0 Å². The molecule has 2 atom stereocenters. The predicted octanol–water partition coefficient (Wildman–Crippen LogP) is 2.47. The van der Waals surface area contributed by atoms with E-state index in [2.05, 4.69) is 23.9 Å². The summed E-state index contributed by atoms with van der Waals surface area (Å²) in [6.45, 7) is 10.7. The Kier molecular flexibility index (Phi) is 6.17. The summed E-state index contributed by atoms with van der Waals surface area (Å²) in [5.74, 6) is 0.120. The van der Waals surface area contributed by atoms with Crippen molar-refractivity contribution >= 4 is 10.0 Å². The fraction of sp³-hybridized carbons (Fsp3) is 0.600. The van der Waals surface area contributed by atoms with E-state index in [9.17, 15) is 8.42 Å². The Balaban J connectivity index is 3.17. The number of benzene rings is 1. The van der Waals surface area contributed by atoms with Crippen LogP contribution in [0.4, 0.5) is 0 Å². The summed E-state index contributed by atoms with van der Waals surface area (Å²) in [5, 5.41) is 3.35. The van der Waals surface area contributed by atoms with E-state index in [1.165, 1.54) is 0 Å². The molecular formula is C15H26N2O2S. The van der Waals surface area contributed by atoms with Crippen LogP contribution in [0.5, 0.6) is 0 Å². The van der Waals surface area contributed by atoms with Crippen LogP contribution >= 0.6 is 0 Å². The van der Waals surface area contributed by atoms with Gasteiger partial charge in [-0.2, -0.15) is 0 Å². The molecule has 4 nitrogen and oxygen atoms in total. The first kappa shape index (κ1) is 17.1. The highest BCUT2D eigenvalue weighted by molar-refractivity contribution is 7.89. The highest BCUT2D eigenvalue weighted by Gasteiger charge is 2.24. The Hall–Kier alpha value is -0.910. The quantitative estimate of drug-likeness (QED) is 0.813. The second-order valence-electron chi connectivity index (χ2n) is 5.45. The molecule has 0 aliphatic heterocycles. The molecule has 0 saturated heterocycles. The van der Waals surface area contributed by atoms with Crippen LogP contribution in [0.1, 0.15) is 46.1 Å². The van der Waals surface area contributed by atoms with Crippen molar-refractivity contribution < 1.29 is 8.42 Å². The first-order valence-corrected chi connectivity index (χ1v) is 8.62. The summed E-state index contributed by atoms with van der Waals surface area (Å²) in [6, 6.07) is 7.33. The normalized spacial score (nSPS) is 15.3. The first-order chi connectivity index (χ1) is 9.29. The average molecular weight is 298 g/mol. The van der Waals surface area contributed by atoms with E-state index in [0.717, 1.165) is 12.1 Å². The molecular weight excluding hydrogens is 272 g/mol. The molecule has 0 fully saturated rings. The van der Waals surface area contributed by atoms with E-state index < -0.39 is 10.0 Å². The Labute approximate surface area is 123 Å². The van der Waals surface area contributed by atoms with Crippen LogP contribution in [0.25, 0.3) is 0 Å². The second kappa shape index (κ2) is 7.20. The van der Waals surface area contributed by atoms with Crippen LogP contribution in [-0.4, -0.2) is 27.0 Å². The molecule has 1 aromatic rings. The van der Waals surface area contributed by atoms with Gasteiger partial charge in [-0.3, -0.25) is 0 Å². The molecule has 114 valence electrons. The van der Waals surface area contributed by atoms with Crippen LogP contribution in [0, 0.1) is 0 Å². The highest BCUT2D eigenvalue weighted by Crippen LogP contribution is 2.26. The third-order valence-corrected chi connectivity index (χ3v) is 5.10. The van der Waals surface area contributed by atoms with Gasteiger partial charge in [-0.25, -0.2) is 13.1 Å². The lowest BCUT2D eigenvalue weighted by Crippen LogP contribution is -2.34. The van der Waals surface area contributed by atoms with Gasteiger partial charge < -0.3 is 5.32 Å². The molecule has 0 aliphatic carbocycles. The van der Waals surface area contributed by atoms with Crippen LogP contribution in [0.15, 0.2) is 29.2 Å². The van der Waals surface area contributed by atoms with Crippen molar-refractivity contribution in [2.75, 3.05) is 6.54 Å². The van der Waals surface area contributed by atoms with Crippen molar-refractivity contribution in [1.82, 2.24) is 10.0 Å². The van der Waals surface area contributed by atoms with E-state index in [-0.39, 0.29) is 18.0 Å². The number of sulfonamides is 1. The molecule has 20 heavy (non-hydrogen) atoms. The van der Waals surface area contributed by atoms with Crippen molar-refractivity contribution in [2.24, 2.45) is 0 Å². The fourth-order valence-electron chi connectivity index (χ4n) is 2.24. The molecule has 5 heteroatoms. The monoisotopic (exact) mass is 298 g/mol. The van der Waals surface area contributed by atoms with Crippen molar-refractivity contribution in [2.45, 2.75) is 57.5 Å². The number of likely N-dealkylation sites (N-methyl/N-ethyl adjacent to an activating group) is 1. The number of rotatable bonds is 7. The minimum Gasteiger partial charge on any atom is -0.314 e. The number of hydrogen-bond donors (Lipinski definition) is 2. The highest BCUT2D eigenvalue weighted by atomic mass is 32.2. The van der Waals surface area contributed by atoms with Gasteiger partial charge in [0.25, 0.3) is 0 Å². The molecule has 0 heterocycles. The SMILES string of the molecule is CCNC(C)C(C)c1ccccc1S(=O)(=O)NC(C)C. The van der Waals surface area contributed by atoms with Crippen molar-refractivity contribution in [3.05, 3.63) is 29.8 Å². The molecule has 1 rings (SSSR count).